The maximum atomic E-state index is 12.2. The van der Waals surface area contributed by atoms with Gasteiger partial charge in [-0.05, 0) is 50.0 Å². The molecule has 0 N–H and O–H groups in total. The second kappa shape index (κ2) is 7.73. The monoisotopic (exact) mass is 401 g/mol. The molecule has 0 bridgehead atoms. The predicted octanol–water partition coefficient (Wildman–Crippen LogP) is 4.25. The second-order valence-electron chi connectivity index (χ2n) is 6.21. The Morgan fingerprint density at radius 1 is 1.26 bits per heavy atom. The van der Waals surface area contributed by atoms with Crippen molar-refractivity contribution >= 4 is 42.8 Å². The summed E-state index contributed by atoms with van der Waals surface area (Å²) in [6.07, 6.45) is 6.80. The molecule has 2 rings (SSSR count). The van der Waals surface area contributed by atoms with E-state index >= 15 is 0 Å². The SMILES string of the molecule is CCOC(=O)c1cc2cc(Br)ccc2n1COCCS(C)(C)C. The molecule has 128 valence electrons. The van der Waals surface area contributed by atoms with Gasteiger partial charge in [0.1, 0.15) is 12.4 Å². The number of rotatable bonds is 7. The molecule has 1 aromatic heterocycles. The van der Waals surface area contributed by atoms with Gasteiger partial charge in [-0.15, -0.1) is 0 Å². The number of hydrogen-bond donors (Lipinski definition) is 0. The molecule has 23 heavy (non-hydrogen) atoms. The van der Waals surface area contributed by atoms with Crippen molar-refractivity contribution in [1.29, 1.82) is 0 Å². The molecular formula is C17H24BrNO3S. The third-order valence-corrected chi connectivity index (χ3v) is 5.29. The Morgan fingerprint density at radius 3 is 2.65 bits per heavy atom. The highest BCUT2D eigenvalue weighted by Gasteiger charge is 2.17. The number of ether oxygens (including phenoxy) is 2. The van der Waals surface area contributed by atoms with Crippen LogP contribution >= 0.6 is 26.0 Å². The molecule has 0 spiro atoms. The van der Waals surface area contributed by atoms with Crippen LogP contribution in [0.3, 0.4) is 0 Å². The van der Waals surface area contributed by atoms with Gasteiger partial charge in [0.2, 0.25) is 0 Å². The first-order valence-electron chi connectivity index (χ1n) is 7.51. The van der Waals surface area contributed by atoms with Crippen LogP contribution in [0, 0.1) is 0 Å². The van der Waals surface area contributed by atoms with E-state index in [9.17, 15) is 4.79 Å². The van der Waals surface area contributed by atoms with Crippen LogP contribution in [0.5, 0.6) is 0 Å². The number of esters is 1. The molecule has 0 fully saturated rings. The summed E-state index contributed by atoms with van der Waals surface area (Å²) in [5, 5.41) is 0.993. The summed E-state index contributed by atoms with van der Waals surface area (Å²) in [4.78, 5) is 12.2. The van der Waals surface area contributed by atoms with E-state index < -0.39 is 10.0 Å². The lowest BCUT2D eigenvalue weighted by Gasteiger charge is -2.24. The zero-order chi connectivity index (χ0) is 17.0. The van der Waals surface area contributed by atoms with E-state index in [-0.39, 0.29) is 5.97 Å². The summed E-state index contributed by atoms with van der Waals surface area (Å²) in [5.74, 6) is 0.733. The molecule has 0 atom stereocenters. The lowest BCUT2D eigenvalue weighted by atomic mass is 10.2. The summed E-state index contributed by atoms with van der Waals surface area (Å²) < 4.78 is 13.9. The zero-order valence-electron chi connectivity index (χ0n) is 14.1. The Bertz CT molecular complexity index is 691. The molecule has 0 aliphatic rings. The van der Waals surface area contributed by atoms with Crippen LogP contribution in [-0.4, -0.2) is 48.3 Å². The lowest BCUT2D eigenvalue weighted by molar-refractivity contribution is 0.0479. The molecule has 0 amide bonds. The van der Waals surface area contributed by atoms with Gasteiger partial charge >= 0.3 is 5.97 Å². The molecule has 0 unspecified atom stereocenters. The van der Waals surface area contributed by atoms with Gasteiger partial charge in [0.05, 0.1) is 18.7 Å². The van der Waals surface area contributed by atoms with Crippen molar-refractivity contribution in [3.05, 3.63) is 34.4 Å². The van der Waals surface area contributed by atoms with Gasteiger partial charge in [0.25, 0.3) is 0 Å². The number of benzene rings is 1. The Labute approximate surface area is 147 Å². The standard InChI is InChI=1S/C17H24BrNO3S/c1-5-22-17(20)16-11-13-10-14(18)6-7-15(13)19(16)12-21-8-9-23(2,3)4/h6-7,10-11H,5,8-9,12H2,1-4H3. The molecule has 2 aromatic rings. The fourth-order valence-corrected chi connectivity index (χ4v) is 3.22. The van der Waals surface area contributed by atoms with E-state index in [0.29, 0.717) is 25.6 Å². The van der Waals surface area contributed by atoms with Crippen molar-refractivity contribution < 1.29 is 14.3 Å². The predicted molar refractivity (Wildman–Crippen MR) is 102 cm³/mol. The highest BCUT2D eigenvalue weighted by atomic mass is 79.9. The van der Waals surface area contributed by atoms with Crippen molar-refractivity contribution in [3.8, 4) is 0 Å². The Balaban J connectivity index is 2.24. The summed E-state index contributed by atoms with van der Waals surface area (Å²) in [7, 11) is -0.580. The van der Waals surface area contributed by atoms with Crippen LogP contribution in [0.2, 0.25) is 0 Å². The molecular weight excluding hydrogens is 378 g/mol. The van der Waals surface area contributed by atoms with Crippen molar-refractivity contribution in [3.63, 3.8) is 0 Å². The molecule has 6 heteroatoms. The minimum atomic E-state index is -0.580. The maximum Gasteiger partial charge on any atom is 0.355 e. The van der Waals surface area contributed by atoms with Crippen LogP contribution < -0.4 is 0 Å². The summed E-state index contributed by atoms with van der Waals surface area (Å²) in [6, 6.07) is 7.80. The number of fused-ring (bicyclic) bond motifs is 1. The van der Waals surface area contributed by atoms with Crippen LogP contribution in [-0.2, 0) is 16.2 Å². The van der Waals surface area contributed by atoms with Crippen LogP contribution in [0.15, 0.2) is 28.7 Å². The van der Waals surface area contributed by atoms with Crippen molar-refractivity contribution in [2.24, 2.45) is 0 Å². The fourth-order valence-electron chi connectivity index (χ4n) is 2.22. The third-order valence-electron chi connectivity index (χ3n) is 3.41. The molecule has 0 saturated heterocycles. The second-order valence-corrected chi connectivity index (χ2v) is 11.7. The third kappa shape index (κ3) is 4.99. The van der Waals surface area contributed by atoms with E-state index in [4.69, 9.17) is 9.47 Å². The minimum absolute atomic E-state index is 0.315. The van der Waals surface area contributed by atoms with Gasteiger partial charge in [-0.25, -0.2) is 14.8 Å². The topological polar surface area (TPSA) is 40.5 Å². The van der Waals surface area contributed by atoms with E-state index in [1.807, 2.05) is 35.8 Å². The largest absolute Gasteiger partial charge is 0.461 e. The quantitative estimate of drug-likeness (QED) is 0.514. The number of hydrogen-bond acceptors (Lipinski definition) is 3. The highest BCUT2D eigenvalue weighted by Crippen LogP contribution is 2.33. The lowest BCUT2D eigenvalue weighted by Crippen LogP contribution is -2.15. The number of halogens is 1. The average Bonchev–Trinajstić information content (AvgIpc) is 2.80. The van der Waals surface area contributed by atoms with E-state index in [2.05, 4.69) is 34.7 Å². The first-order valence-corrected chi connectivity index (χ1v) is 11.3. The highest BCUT2D eigenvalue weighted by molar-refractivity contribution is 9.10. The molecule has 0 saturated carbocycles. The summed E-state index contributed by atoms with van der Waals surface area (Å²) >= 11 is 3.47. The Kier molecular flexibility index (Phi) is 6.17. The normalized spacial score (nSPS) is 12.6. The number of nitrogens with zero attached hydrogens (tertiary/aromatic N) is 1. The maximum absolute atomic E-state index is 12.2. The van der Waals surface area contributed by atoms with Gasteiger partial charge in [-0.2, -0.15) is 0 Å². The minimum Gasteiger partial charge on any atom is -0.461 e. The first kappa shape index (κ1) is 18.4. The van der Waals surface area contributed by atoms with Crippen molar-refractivity contribution in [2.45, 2.75) is 13.7 Å². The molecule has 0 aliphatic carbocycles. The Morgan fingerprint density at radius 2 is 2.00 bits per heavy atom. The van der Waals surface area contributed by atoms with Gasteiger partial charge in [-0.1, -0.05) is 15.9 Å². The zero-order valence-corrected chi connectivity index (χ0v) is 16.5. The average molecular weight is 402 g/mol. The molecule has 1 heterocycles. The van der Waals surface area contributed by atoms with Gasteiger partial charge in [0, 0.05) is 15.6 Å². The molecule has 4 nitrogen and oxygen atoms in total. The van der Waals surface area contributed by atoms with Gasteiger partial charge < -0.3 is 14.0 Å². The Hall–Kier alpha value is -0.980. The molecule has 0 radical (unpaired) electrons. The molecule has 0 aliphatic heterocycles. The number of carbonyl (C=O) groups is 1. The number of carbonyl (C=O) groups excluding carboxylic acids is 1. The van der Waals surface area contributed by atoms with Crippen LogP contribution in [0.4, 0.5) is 0 Å². The van der Waals surface area contributed by atoms with Gasteiger partial charge in [0.15, 0.2) is 0 Å². The summed E-state index contributed by atoms with van der Waals surface area (Å²) in [6.45, 7) is 3.22. The van der Waals surface area contributed by atoms with Crippen LogP contribution in [0.1, 0.15) is 17.4 Å². The van der Waals surface area contributed by atoms with E-state index in [1.165, 1.54) is 0 Å². The summed E-state index contributed by atoms with van der Waals surface area (Å²) in [5.41, 5.74) is 1.50. The van der Waals surface area contributed by atoms with Crippen LogP contribution in [0.25, 0.3) is 10.9 Å². The van der Waals surface area contributed by atoms with E-state index in [1.54, 1.807) is 0 Å². The first-order chi connectivity index (χ1) is 10.8. The molecule has 1 aromatic carbocycles. The van der Waals surface area contributed by atoms with E-state index in [0.717, 1.165) is 21.1 Å². The fraction of sp³-hybridized carbons (Fsp3) is 0.471. The van der Waals surface area contributed by atoms with Gasteiger partial charge in [-0.3, -0.25) is 0 Å². The van der Waals surface area contributed by atoms with Crippen molar-refractivity contribution in [2.75, 3.05) is 37.7 Å². The van der Waals surface area contributed by atoms with Crippen molar-refractivity contribution in [1.82, 2.24) is 4.57 Å². The number of aromatic nitrogens is 1. The smallest absolute Gasteiger partial charge is 0.355 e.